The summed E-state index contributed by atoms with van der Waals surface area (Å²) in [6.45, 7) is 6.07. The Morgan fingerprint density at radius 2 is 1.55 bits per heavy atom. The Labute approximate surface area is 65.8 Å². The maximum absolute atomic E-state index is 12.4. The van der Waals surface area contributed by atoms with E-state index in [2.05, 4.69) is 0 Å². The molecule has 0 radical (unpaired) electrons. The minimum Gasteiger partial charge on any atom is -0.171 e. The average molecular weight is 168 g/mol. The van der Waals surface area contributed by atoms with Gasteiger partial charge in [-0.05, 0) is 12.3 Å². The summed E-state index contributed by atoms with van der Waals surface area (Å²) in [4.78, 5) is 0. The van der Waals surface area contributed by atoms with Crippen molar-refractivity contribution < 1.29 is 13.2 Å². The van der Waals surface area contributed by atoms with Crippen LogP contribution in [-0.2, 0) is 0 Å². The van der Waals surface area contributed by atoms with Crippen molar-refractivity contribution in [1.82, 2.24) is 0 Å². The summed E-state index contributed by atoms with van der Waals surface area (Å²) >= 11 is 0. The predicted molar refractivity (Wildman–Crippen MR) is 39.3 cm³/mol. The van der Waals surface area contributed by atoms with Crippen LogP contribution in [0.2, 0.25) is 0 Å². The third-order valence-corrected chi connectivity index (χ3v) is 2.66. The lowest BCUT2D eigenvalue weighted by Crippen LogP contribution is -2.39. The van der Waals surface area contributed by atoms with E-state index in [0.717, 1.165) is 0 Å². The molecular weight excluding hydrogens is 153 g/mol. The molecule has 0 aliphatic rings. The molecule has 0 spiro atoms. The molecule has 68 valence electrons. The van der Waals surface area contributed by atoms with Gasteiger partial charge in [-0.3, -0.25) is 0 Å². The molecule has 0 bridgehead atoms. The lowest BCUT2D eigenvalue weighted by molar-refractivity contribution is -0.233. The Morgan fingerprint density at radius 1 is 1.18 bits per heavy atom. The van der Waals surface area contributed by atoms with E-state index in [-0.39, 0.29) is 12.3 Å². The highest BCUT2D eigenvalue weighted by Gasteiger charge is 2.51. The molecule has 0 heterocycles. The lowest BCUT2D eigenvalue weighted by atomic mass is 9.76. The Bertz CT molecular complexity index is 126. The molecular formula is C8H15F3. The van der Waals surface area contributed by atoms with Crippen LogP contribution in [0.3, 0.4) is 0 Å². The van der Waals surface area contributed by atoms with Crippen LogP contribution >= 0.6 is 0 Å². The molecule has 0 saturated heterocycles. The summed E-state index contributed by atoms with van der Waals surface area (Å²) in [7, 11) is 0. The monoisotopic (exact) mass is 168 g/mol. The third kappa shape index (κ3) is 1.88. The van der Waals surface area contributed by atoms with Gasteiger partial charge in [-0.1, -0.05) is 27.7 Å². The van der Waals surface area contributed by atoms with Gasteiger partial charge in [0.25, 0.3) is 0 Å². The van der Waals surface area contributed by atoms with Gasteiger partial charge in [0.15, 0.2) is 0 Å². The topological polar surface area (TPSA) is 0 Å². The van der Waals surface area contributed by atoms with E-state index in [1.54, 1.807) is 20.8 Å². The number of rotatable bonds is 2. The highest BCUT2D eigenvalue weighted by molar-refractivity contribution is 4.83. The van der Waals surface area contributed by atoms with Crippen LogP contribution in [0.4, 0.5) is 13.2 Å². The molecule has 0 amide bonds. The van der Waals surface area contributed by atoms with Gasteiger partial charge >= 0.3 is 6.18 Å². The summed E-state index contributed by atoms with van der Waals surface area (Å²) in [6.07, 6.45) is -3.93. The Hall–Kier alpha value is -0.210. The summed E-state index contributed by atoms with van der Waals surface area (Å²) in [5.41, 5.74) is -1.52. The van der Waals surface area contributed by atoms with Crippen molar-refractivity contribution >= 4 is 0 Å². The second-order valence-electron chi connectivity index (χ2n) is 3.42. The Kier molecular flexibility index (Phi) is 2.98. The van der Waals surface area contributed by atoms with Gasteiger partial charge < -0.3 is 0 Å². The second-order valence-corrected chi connectivity index (χ2v) is 3.42. The Morgan fingerprint density at radius 3 is 1.55 bits per heavy atom. The van der Waals surface area contributed by atoms with Crippen molar-refractivity contribution in [3.8, 4) is 0 Å². The lowest BCUT2D eigenvalue weighted by Gasteiger charge is -2.34. The molecule has 0 aliphatic carbocycles. The van der Waals surface area contributed by atoms with E-state index in [4.69, 9.17) is 0 Å². The highest BCUT2D eigenvalue weighted by atomic mass is 19.4. The van der Waals surface area contributed by atoms with E-state index in [1.807, 2.05) is 0 Å². The highest BCUT2D eigenvalue weighted by Crippen LogP contribution is 2.46. The molecule has 0 aromatic rings. The molecule has 0 rings (SSSR count). The normalized spacial score (nSPS) is 18.5. The zero-order valence-electron chi connectivity index (χ0n) is 7.42. The zero-order valence-corrected chi connectivity index (χ0v) is 7.42. The van der Waals surface area contributed by atoms with Gasteiger partial charge in [-0.25, -0.2) is 0 Å². The summed E-state index contributed by atoms with van der Waals surface area (Å²) in [5.74, 6) is -0.354. The number of halogens is 3. The van der Waals surface area contributed by atoms with Gasteiger partial charge in [-0.15, -0.1) is 0 Å². The standard InChI is InChI=1S/C8H15F3/c1-5-7(4,6(2)3)8(9,10)11/h6H,5H2,1-4H3. The molecule has 0 aliphatic heterocycles. The van der Waals surface area contributed by atoms with Gasteiger partial charge in [0.2, 0.25) is 0 Å². The van der Waals surface area contributed by atoms with Crippen LogP contribution in [0, 0.1) is 11.3 Å². The fraction of sp³-hybridized carbons (Fsp3) is 1.00. The van der Waals surface area contributed by atoms with E-state index >= 15 is 0 Å². The quantitative estimate of drug-likeness (QED) is 0.590. The largest absolute Gasteiger partial charge is 0.394 e. The fourth-order valence-corrected chi connectivity index (χ4v) is 0.936. The van der Waals surface area contributed by atoms with Crippen LogP contribution in [-0.4, -0.2) is 6.18 Å². The second kappa shape index (κ2) is 3.03. The van der Waals surface area contributed by atoms with Crippen molar-refractivity contribution in [3.63, 3.8) is 0 Å². The molecule has 0 nitrogen and oxygen atoms in total. The maximum Gasteiger partial charge on any atom is 0.394 e. The molecule has 0 saturated carbocycles. The summed E-state index contributed by atoms with van der Waals surface area (Å²) in [5, 5.41) is 0. The predicted octanol–water partition coefficient (Wildman–Crippen LogP) is 3.62. The first-order valence-electron chi connectivity index (χ1n) is 3.82. The summed E-state index contributed by atoms with van der Waals surface area (Å²) < 4.78 is 37.1. The van der Waals surface area contributed by atoms with Gasteiger partial charge in [0, 0.05) is 0 Å². The van der Waals surface area contributed by atoms with E-state index in [9.17, 15) is 13.2 Å². The van der Waals surface area contributed by atoms with Crippen molar-refractivity contribution in [2.24, 2.45) is 11.3 Å². The van der Waals surface area contributed by atoms with Crippen molar-refractivity contribution in [2.75, 3.05) is 0 Å². The van der Waals surface area contributed by atoms with Crippen molar-refractivity contribution in [1.29, 1.82) is 0 Å². The molecule has 0 aromatic heterocycles. The first-order chi connectivity index (χ1) is 4.75. The molecule has 11 heavy (non-hydrogen) atoms. The smallest absolute Gasteiger partial charge is 0.171 e. The molecule has 0 N–H and O–H groups in total. The van der Waals surface area contributed by atoms with Gasteiger partial charge in [0.05, 0.1) is 5.41 Å². The maximum atomic E-state index is 12.4. The van der Waals surface area contributed by atoms with Gasteiger partial charge in [-0.2, -0.15) is 13.2 Å². The fourth-order valence-electron chi connectivity index (χ4n) is 0.936. The SMILES string of the molecule is CCC(C)(C(C)C)C(F)(F)F. The van der Waals surface area contributed by atoms with Crippen LogP contribution < -0.4 is 0 Å². The number of hydrogen-bond acceptors (Lipinski definition) is 0. The van der Waals surface area contributed by atoms with Crippen LogP contribution in [0.5, 0.6) is 0 Å². The van der Waals surface area contributed by atoms with Crippen LogP contribution in [0.1, 0.15) is 34.1 Å². The van der Waals surface area contributed by atoms with Crippen LogP contribution in [0.25, 0.3) is 0 Å². The number of alkyl halides is 3. The van der Waals surface area contributed by atoms with Gasteiger partial charge in [0.1, 0.15) is 0 Å². The zero-order chi connectivity index (χ0) is 9.28. The average Bonchev–Trinajstić information content (AvgIpc) is 1.83. The van der Waals surface area contributed by atoms with Crippen molar-refractivity contribution in [3.05, 3.63) is 0 Å². The molecule has 1 atom stereocenters. The van der Waals surface area contributed by atoms with E-state index in [0.29, 0.717) is 0 Å². The first kappa shape index (κ1) is 10.8. The van der Waals surface area contributed by atoms with Crippen LogP contribution in [0.15, 0.2) is 0 Å². The number of hydrogen-bond donors (Lipinski definition) is 0. The van der Waals surface area contributed by atoms with E-state index < -0.39 is 11.6 Å². The minimum absolute atomic E-state index is 0.147. The molecule has 0 fully saturated rings. The Balaban J connectivity index is 4.61. The minimum atomic E-state index is -4.07. The summed E-state index contributed by atoms with van der Waals surface area (Å²) in [6, 6.07) is 0. The van der Waals surface area contributed by atoms with Crippen molar-refractivity contribution in [2.45, 2.75) is 40.3 Å². The third-order valence-electron chi connectivity index (χ3n) is 2.66. The molecule has 0 aromatic carbocycles. The molecule has 1 unspecified atom stereocenters. The molecule has 3 heteroatoms. The van der Waals surface area contributed by atoms with E-state index in [1.165, 1.54) is 6.92 Å². The first-order valence-corrected chi connectivity index (χ1v) is 3.82.